The molecule has 0 aliphatic carbocycles. The Balaban J connectivity index is 1.83. The van der Waals surface area contributed by atoms with Crippen LogP contribution < -0.4 is 10.1 Å². The lowest BCUT2D eigenvalue weighted by atomic mass is 10.0. The second-order valence-corrected chi connectivity index (χ2v) is 6.55. The molecule has 0 spiro atoms. The van der Waals surface area contributed by atoms with E-state index in [2.05, 4.69) is 5.32 Å². The van der Waals surface area contributed by atoms with Crippen LogP contribution in [0.4, 0.5) is 0 Å². The van der Waals surface area contributed by atoms with Crippen molar-refractivity contribution < 1.29 is 14.3 Å². The van der Waals surface area contributed by atoms with Crippen LogP contribution in [0.15, 0.2) is 78.9 Å². The van der Waals surface area contributed by atoms with E-state index in [0.29, 0.717) is 29.9 Å². The minimum absolute atomic E-state index is 0.133. The molecule has 3 aromatic rings. The molecule has 4 nitrogen and oxygen atoms in total. The first-order valence-corrected chi connectivity index (χ1v) is 9.32. The summed E-state index contributed by atoms with van der Waals surface area (Å²) in [5.41, 5.74) is 2.38. The molecule has 1 amide bonds. The largest absolute Gasteiger partial charge is 0.457 e. The summed E-state index contributed by atoms with van der Waals surface area (Å²) in [6, 6.07) is 24.5. The fourth-order valence-corrected chi connectivity index (χ4v) is 2.99. The molecule has 0 saturated heterocycles. The van der Waals surface area contributed by atoms with E-state index < -0.39 is 0 Å². The van der Waals surface area contributed by atoms with Crippen LogP contribution in [0.2, 0.25) is 0 Å². The van der Waals surface area contributed by atoms with Gasteiger partial charge in [-0.2, -0.15) is 0 Å². The lowest BCUT2D eigenvalue weighted by molar-refractivity contribution is -0.107. The van der Waals surface area contributed by atoms with Gasteiger partial charge in [-0.3, -0.25) is 4.79 Å². The fourth-order valence-electron chi connectivity index (χ4n) is 2.99. The Hall–Kier alpha value is -3.40. The highest BCUT2D eigenvalue weighted by molar-refractivity contribution is 5.96. The van der Waals surface area contributed by atoms with Gasteiger partial charge in [0.1, 0.15) is 17.8 Å². The van der Waals surface area contributed by atoms with Crippen LogP contribution in [0.3, 0.4) is 0 Å². The van der Waals surface area contributed by atoms with Crippen molar-refractivity contribution in [1.29, 1.82) is 0 Å². The van der Waals surface area contributed by atoms with E-state index in [-0.39, 0.29) is 11.9 Å². The number of hydrogen-bond acceptors (Lipinski definition) is 3. The van der Waals surface area contributed by atoms with Crippen molar-refractivity contribution in [3.05, 3.63) is 95.6 Å². The monoisotopic (exact) mass is 373 g/mol. The van der Waals surface area contributed by atoms with E-state index in [0.717, 1.165) is 17.4 Å². The maximum absolute atomic E-state index is 13.0. The second kappa shape index (κ2) is 9.51. The molecule has 1 atom stereocenters. The summed E-state index contributed by atoms with van der Waals surface area (Å²) in [5.74, 6) is 1.10. The number of amides is 1. The van der Waals surface area contributed by atoms with Gasteiger partial charge in [0.15, 0.2) is 0 Å². The molecule has 3 aromatic carbocycles. The van der Waals surface area contributed by atoms with E-state index in [9.17, 15) is 9.59 Å². The minimum atomic E-state index is -0.184. The Morgan fingerprint density at radius 2 is 1.64 bits per heavy atom. The van der Waals surface area contributed by atoms with Crippen LogP contribution >= 0.6 is 0 Å². The van der Waals surface area contributed by atoms with Crippen molar-refractivity contribution in [2.45, 2.75) is 25.8 Å². The van der Waals surface area contributed by atoms with Crippen molar-refractivity contribution in [1.82, 2.24) is 5.32 Å². The third-order valence-corrected chi connectivity index (χ3v) is 4.48. The quantitative estimate of drug-likeness (QED) is 0.559. The van der Waals surface area contributed by atoms with Crippen molar-refractivity contribution >= 4 is 12.2 Å². The van der Waals surface area contributed by atoms with Gasteiger partial charge in [-0.25, -0.2) is 0 Å². The van der Waals surface area contributed by atoms with E-state index in [4.69, 9.17) is 4.74 Å². The predicted octanol–water partition coefficient (Wildman–Crippen LogP) is 5.10. The summed E-state index contributed by atoms with van der Waals surface area (Å²) >= 11 is 0. The number of benzene rings is 3. The molecule has 0 saturated carbocycles. The summed E-state index contributed by atoms with van der Waals surface area (Å²) in [6.45, 7) is 1.95. The van der Waals surface area contributed by atoms with Gasteiger partial charge in [-0.1, -0.05) is 54.6 Å². The van der Waals surface area contributed by atoms with Gasteiger partial charge in [0.2, 0.25) is 0 Å². The van der Waals surface area contributed by atoms with Crippen molar-refractivity contribution in [2.75, 3.05) is 0 Å². The van der Waals surface area contributed by atoms with Gasteiger partial charge in [0.05, 0.1) is 6.04 Å². The van der Waals surface area contributed by atoms with Crippen LogP contribution in [0.1, 0.15) is 40.9 Å². The molecule has 0 aliphatic heterocycles. The zero-order valence-corrected chi connectivity index (χ0v) is 15.8. The first-order chi connectivity index (χ1) is 13.7. The maximum atomic E-state index is 13.0. The van der Waals surface area contributed by atoms with Gasteiger partial charge < -0.3 is 14.8 Å². The fraction of sp³-hybridized carbons (Fsp3) is 0.167. The molecule has 0 unspecified atom stereocenters. The number of rotatable bonds is 8. The molecular weight excluding hydrogens is 350 g/mol. The van der Waals surface area contributed by atoms with Gasteiger partial charge in [0.25, 0.3) is 5.91 Å². The summed E-state index contributed by atoms with van der Waals surface area (Å²) < 4.78 is 5.87. The molecule has 0 heterocycles. The van der Waals surface area contributed by atoms with Crippen molar-refractivity contribution in [3.8, 4) is 11.5 Å². The number of aldehydes is 1. The standard InChI is InChI=1S/C24H23NO3/c1-18(19-9-4-2-5-10-19)25-24(27)23-17-22(15-14-20(23)11-8-16-26)28-21-12-6-3-7-13-21/h2-7,9-10,12-18H,8,11H2,1H3,(H,25,27)/t18-/m1/s1. The Labute approximate surface area is 165 Å². The number of ether oxygens (including phenoxy) is 1. The first-order valence-electron chi connectivity index (χ1n) is 9.32. The summed E-state index contributed by atoms with van der Waals surface area (Å²) in [5, 5.41) is 3.04. The lowest BCUT2D eigenvalue weighted by Crippen LogP contribution is -2.27. The van der Waals surface area contributed by atoms with Gasteiger partial charge in [0, 0.05) is 12.0 Å². The van der Waals surface area contributed by atoms with Crippen molar-refractivity contribution in [2.24, 2.45) is 0 Å². The summed E-state index contributed by atoms with van der Waals surface area (Å²) in [4.78, 5) is 23.8. The Bertz CT molecular complexity index is 923. The summed E-state index contributed by atoms with van der Waals surface area (Å²) in [6.07, 6.45) is 1.74. The number of hydrogen-bond donors (Lipinski definition) is 1. The smallest absolute Gasteiger partial charge is 0.252 e. The molecule has 0 radical (unpaired) electrons. The van der Waals surface area contributed by atoms with E-state index >= 15 is 0 Å². The second-order valence-electron chi connectivity index (χ2n) is 6.55. The van der Waals surface area contributed by atoms with Crippen LogP contribution in [-0.4, -0.2) is 12.2 Å². The molecule has 0 fully saturated rings. The Kier molecular flexibility index (Phi) is 6.58. The molecule has 0 aromatic heterocycles. The number of nitrogens with one attached hydrogen (secondary N) is 1. The van der Waals surface area contributed by atoms with Crippen LogP contribution in [0, 0.1) is 0 Å². The number of para-hydroxylation sites is 1. The molecule has 28 heavy (non-hydrogen) atoms. The highest BCUT2D eigenvalue weighted by Gasteiger charge is 2.16. The molecule has 0 bridgehead atoms. The molecule has 3 rings (SSSR count). The molecule has 4 heteroatoms. The van der Waals surface area contributed by atoms with Gasteiger partial charge >= 0.3 is 0 Å². The van der Waals surface area contributed by atoms with E-state index in [1.807, 2.05) is 79.7 Å². The molecule has 142 valence electrons. The van der Waals surface area contributed by atoms with E-state index in [1.165, 1.54) is 0 Å². The topological polar surface area (TPSA) is 55.4 Å². The third kappa shape index (κ3) is 5.07. The van der Waals surface area contributed by atoms with E-state index in [1.54, 1.807) is 6.07 Å². The van der Waals surface area contributed by atoms with Crippen LogP contribution in [-0.2, 0) is 11.2 Å². The lowest BCUT2D eigenvalue weighted by Gasteiger charge is -2.17. The average molecular weight is 373 g/mol. The van der Waals surface area contributed by atoms with Crippen molar-refractivity contribution in [3.63, 3.8) is 0 Å². The minimum Gasteiger partial charge on any atom is -0.457 e. The molecule has 1 N–H and O–H groups in total. The highest BCUT2D eigenvalue weighted by Crippen LogP contribution is 2.25. The zero-order chi connectivity index (χ0) is 19.8. The first kappa shape index (κ1) is 19.4. The normalized spacial score (nSPS) is 11.5. The average Bonchev–Trinajstić information content (AvgIpc) is 2.74. The Morgan fingerprint density at radius 1 is 0.964 bits per heavy atom. The SMILES string of the molecule is C[C@@H](NC(=O)c1cc(Oc2ccccc2)ccc1CCC=O)c1ccccc1. The van der Waals surface area contributed by atoms with Gasteiger partial charge in [-0.15, -0.1) is 0 Å². The zero-order valence-electron chi connectivity index (χ0n) is 15.8. The summed E-state index contributed by atoms with van der Waals surface area (Å²) in [7, 11) is 0. The molecular formula is C24H23NO3. The third-order valence-electron chi connectivity index (χ3n) is 4.48. The number of carbonyl (C=O) groups excluding carboxylic acids is 2. The maximum Gasteiger partial charge on any atom is 0.252 e. The highest BCUT2D eigenvalue weighted by atomic mass is 16.5. The Morgan fingerprint density at radius 3 is 2.32 bits per heavy atom. The van der Waals surface area contributed by atoms with Gasteiger partial charge in [-0.05, 0) is 48.7 Å². The predicted molar refractivity (Wildman–Crippen MR) is 110 cm³/mol. The number of carbonyl (C=O) groups is 2. The van der Waals surface area contributed by atoms with Crippen LogP contribution in [0.5, 0.6) is 11.5 Å². The number of aryl methyl sites for hydroxylation is 1. The van der Waals surface area contributed by atoms with Crippen LogP contribution in [0.25, 0.3) is 0 Å². The molecule has 0 aliphatic rings.